The maximum Gasteiger partial charge on any atom is -0.00877 e. The fourth-order valence-corrected chi connectivity index (χ4v) is 7.17. The van der Waals surface area contributed by atoms with Crippen LogP contribution >= 0.6 is 0 Å². The van der Waals surface area contributed by atoms with E-state index in [0.29, 0.717) is 10.8 Å². The molecular weight excluding hydrogens is 276 g/mol. The first-order valence-corrected chi connectivity index (χ1v) is 10.1. The molecule has 0 spiro atoms. The number of rotatable bonds is 3. The summed E-state index contributed by atoms with van der Waals surface area (Å²) in [5.74, 6) is 4.27. The molecule has 130 valence electrons. The minimum Gasteiger partial charge on any atom is -0.0998 e. The van der Waals surface area contributed by atoms with Crippen molar-refractivity contribution in [1.82, 2.24) is 0 Å². The fourth-order valence-electron chi connectivity index (χ4n) is 7.17. The molecule has 0 heteroatoms. The second-order valence-corrected chi connectivity index (χ2v) is 9.84. The summed E-state index contributed by atoms with van der Waals surface area (Å²) in [6.45, 7) is 21.2. The molecule has 3 rings (SSSR count). The molecule has 0 amide bonds. The SMILES string of the molecule is C=C(C)C1CCC2C(CC)C(C3(C)CCC(C)CC3=C)CC12C. The molecule has 0 aromatic carbocycles. The molecular formula is C23H38. The van der Waals surface area contributed by atoms with E-state index in [1.54, 1.807) is 5.57 Å². The number of hydrogen-bond donors (Lipinski definition) is 0. The molecule has 3 fully saturated rings. The Labute approximate surface area is 144 Å². The van der Waals surface area contributed by atoms with Gasteiger partial charge in [-0.25, -0.2) is 0 Å². The first-order valence-electron chi connectivity index (χ1n) is 10.1. The van der Waals surface area contributed by atoms with Crippen molar-refractivity contribution < 1.29 is 0 Å². The summed E-state index contributed by atoms with van der Waals surface area (Å²) < 4.78 is 0. The lowest BCUT2D eigenvalue weighted by Crippen LogP contribution is -2.36. The summed E-state index contributed by atoms with van der Waals surface area (Å²) in [5.41, 5.74) is 3.89. The monoisotopic (exact) mass is 314 g/mol. The van der Waals surface area contributed by atoms with Crippen molar-refractivity contribution in [2.45, 2.75) is 79.6 Å². The van der Waals surface area contributed by atoms with Crippen LogP contribution in [-0.2, 0) is 0 Å². The van der Waals surface area contributed by atoms with Gasteiger partial charge in [0.2, 0.25) is 0 Å². The summed E-state index contributed by atoms with van der Waals surface area (Å²) in [6.07, 6.45) is 9.61. The number of hydrogen-bond acceptors (Lipinski definition) is 0. The minimum absolute atomic E-state index is 0.389. The van der Waals surface area contributed by atoms with Crippen LogP contribution in [0.2, 0.25) is 0 Å². The molecule has 0 heterocycles. The van der Waals surface area contributed by atoms with Crippen LogP contribution in [0.15, 0.2) is 24.3 Å². The smallest absolute Gasteiger partial charge is 0.00877 e. The summed E-state index contributed by atoms with van der Waals surface area (Å²) in [5, 5.41) is 0. The van der Waals surface area contributed by atoms with Crippen LogP contribution in [0.4, 0.5) is 0 Å². The topological polar surface area (TPSA) is 0 Å². The lowest BCUT2D eigenvalue weighted by atomic mass is 9.59. The molecule has 0 bridgehead atoms. The zero-order valence-electron chi connectivity index (χ0n) is 16.3. The van der Waals surface area contributed by atoms with Crippen LogP contribution in [0.5, 0.6) is 0 Å². The second-order valence-electron chi connectivity index (χ2n) is 9.84. The van der Waals surface area contributed by atoms with Crippen molar-refractivity contribution in [3.63, 3.8) is 0 Å². The molecule has 3 aliphatic rings. The van der Waals surface area contributed by atoms with Crippen molar-refractivity contribution in [2.24, 2.45) is 40.4 Å². The van der Waals surface area contributed by atoms with E-state index < -0.39 is 0 Å². The highest BCUT2D eigenvalue weighted by atomic mass is 14.6. The van der Waals surface area contributed by atoms with Crippen molar-refractivity contribution >= 4 is 0 Å². The molecule has 3 aliphatic carbocycles. The zero-order valence-corrected chi connectivity index (χ0v) is 16.3. The van der Waals surface area contributed by atoms with E-state index in [1.165, 1.54) is 50.5 Å². The number of fused-ring (bicyclic) bond motifs is 1. The Balaban J connectivity index is 1.92. The third kappa shape index (κ3) is 2.47. The molecule has 7 unspecified atom stereocenters. The van der Waals surface area contributed by atoms with Crippen molar-refractivity contribution in [3.8, 4) is 0 Å². The van der Waals surface area contributed by atoms with E-state index in [-0.39, 0.29) is 0 Å². The predicted octanol–water partition coefficient (Wildman–Crippen LogP) is 7.02. The Morgan fingerprint density at radius 2 is 1.87 bits per heavy atom. The Hall–Kier alpha value is -0.520. The summed E-state index contributed by atoms with van der Waals surface area (Å²) in [7, 11) is 0. The van der Waals surface area contributed by atoms with Gasteiger partial charge in [-0.2, -0.15) is 0 Å². The quantitative estimate of drug-likeness (QED) is 0.491. The standard InChI is InChI=1S/C23H38/c1-8-18-20-10-9-19(15(2)3)23(20,7)14-21(18)22(6)12-11-16(4)13-17(22)5/h16,18-21H,2,5,8-14H2,1,3-4,6-7H3. The van der Waals surface area contributed by atoms with E-state index in [0.717, 1.165) is 29.6 Å². The van der Waals surface area contributed by atoms with E-state index in [2.05, 4.69) is 47.8 Å². The summed E-state index contributed by atoms with van der Waals surface area (Å²) in [4.78, 5) is 0. The Morgan fingerprint density at radius 1 is 1.17 bits per heavy atom. The maximum absolute atomic E-state index is 4.58. The highest BCUT2D eigenvalue weighted by molar-refractivity contribution is 5.21. The fraction of sp³-hybridized carbons (Fsp3) is 0.826. The summed E-state index contributed by atoms with van der Waals surface area (Å²) >= 11 is 0. The van der Waals surface area contributed by atoms with Crippen molar-refractivity contribution in [2.75, 3.05) is 0 Å². The lowest BCUT2D eigenvalue weighted by Gasteiger charge is -2.46. The Kier molecular flexibility index (Phi) is 4.35. The van der Waals surface area contributed by atoms with Gasteiger partial charge >= 0.3 is 0 Å². The van der Waals surface area contributed by atoms with Gasteiger partial charge in [-0.05, 0) is 85.9 Å². The molecule has 0 saturated heterocycles. The molecule has 23 heavy (non-hydrogen) atoms. The molecule has 3 saturated carbocycles. The van der Waals surface area contributed by atoms with E-state index >= 15 is 0 Å². The van der Waals surface area contributed by atoms with Crippen LogP contribution < -0.4 is 0 Å². The van der Waals surface area contributed by atoms with Gasteiger partial charge in [0, 0.05) is 0 Å². The predicted molar refractivity (Wildman–Crippen MR) is 101 cm³/mol. The molecule has 0 aromatic heterocycles. The van der Waals surface area contributed by atoms with E-state index in [9.17, 15) is 0 Å². The van der Waals surface area contributed by atoms with Gasteiger partial charge in [0.05, 0.1) is 0 Å². The molecule has 0 nitrogen and oxygen atoms in total. The normalized spacial score (nSPS) is 50.1. The Morgan fingerprint density at radius 3 is 2.43 bits per heavy atom. The van der Waals surface area contributed by atoms with Crippen LogP contribution in [0.3, 0.4) is 0 Å². The van der Waals surface area contributed by atoms with Crippen molar-refractivity contribution in [3.05, 3.63) is 24.3 Å². The average molecular weight is 315 g/mol. The van der Waals surface area contributed by atoms with E-state index in [4.69, 9.17) is 0 Å². The zero-order chi connectivity index (χ0) is 17.0. The van der Waals surface area contributed by atoms with Gasteiger partial charge in [-0.1, -0.05) is 58.4 Å². The number of allylic oxidation sites excluding steroid dienone is 2. The second kappa shape index (κ2) is 5.78. The first kappa shape index (κ1) is 17.3. The largest absolute Gasteiger partial charge is 0.0998 e. The lowest BCUT2D eigenvalue weighted by molar-refractivity contribution is 0.111. The van der Waals surface area contributed by atoms with Crippen LogP contribution in [0, 0.1) is 40.4 Å². The van der Waals surface area contributed by atoms with Crippen LogP contribution in [-0.4, -0.2) is 0 Å². The highest BCUT2D eigenvalue weighted by Gasteiger charge is 2.60. The van der Waals surface area contributed by atoms with Gasteiger partial charge in [0.25, 0.3) is 0 Å². The maximum atomic E-state index is 4.58. The van der Waals surface area contributed by atoms with Gasteiger partial charge in [-0.3, -0.25) is 0 Å². The molecule has 0 aliphatic heterocycles. The van der Waals surface area contributed by atoms with Gasteiger partial charge in [0.15, 0.2) is 0 Å². The van der Waals surface area contributed by atoms with Crippen LogP contribution in [0.25, 0.3) is 0 Å². The third-order valence-corrected chi connectivity index (χ3v) is 8.55. The minimum atomic E-state index is 0.389. The van der Waals surface area contributed by atoms with Gasteiger partial charge < -0.3 is 0 Å². The van der Waals surface area contributed by atoms with Crippen LogP contribution in [0.1, 0.15) is 79.6 Å². The molecule has 0 aromatic rings. The Bertz CT molecular complexity index is 500. The van der Waals surface area contributed by atoms with E-state index in [1.807, 2.05) is 0 Å². The molecule has 0 N–H and O–H groups in total. The van der Waals surface area contributed by atoms with Crippen molar-refractivity contribution in [1.29, 1.82) is 0 Å². The molecule has 0 radical (unpaired) electrons. The average Bonchev–Trinajstić information content (AvgIpc) is 2.95. The highest BCUT2D eigenvalue weighted by Crippen LogP contribution is 2.68. The first-order chi connectivity index (χ1) is 10.7. The summed E-state index contributed by atoms with van der Waals surface area (Å²) in [6, 6.07) is 0. The van der Waals surface area contributed by atoms with Gasteiger partial charge in [-0.15, -0.1) is 0 Å². The van der Waals surface area contributed by atoms with Gasteiger partial charge in [0.1, 0.15) is 0 Å². The molecule has 7 atom stereocenters. The third-order valence-electron chi connectivity index (χ3n) is 8.55.